The second kappa shape index (κ2) is 5.94. The summed E-state index contributed by atoms with van der Waals surface area (Å²) in [4.78, 5) is 2.36. The lowest BCUT2D eigenvalue weighted by Crippen LogP contribution is -2.45. The molecule has 1 saturated heterocycles. The summed E-state index contributed by atoms with van der Waals surface area (Å²) >= 11 is 3.47. The van der Waals surface area contributed by atoms with Crippen LogP contribution < -0.4 is 5.32 Å². The maximum atomic E-state index is 14.0. The van der Waals surface area contributed by atoms with E-state index in [0.29, 0.717) is 0 Å². The highest BCUT2D eigenvalue weighted by Crippen LogP contribution is 2.32. The molecule has 1 aromatic carbocycles. The van der Waals surface area contributed by atoms with Crippen molar-refractivity contribution in [1.82, 2.24) is 10.2 Å². The molecule has 94 valence electrons. The third-order valence-electron chi connectivity index (χ3n) is 3.31. The molecule has 1 aromatic rings. The number of nitrogens with one attached hydrogen (secondary N) is 1. The molecule has 1 atom stereocenters. The van der Waals surface area contributed by atoms with Crippen molar-refractivity contribution in [2.24, 2.45) is 0 Å². The molecule has 0 aliphatic carbocycles. The van der Waals surface area contributed by atoms with E-state index < -0.39 is 0 Å². The first kappa shape index (κ1) is 13.0. The van der Waals surface area contributed by atoms with Crippen molar-refractivity contribution in [3.63, 3.8) is 0 Å². The summed E-state index contributed by atoms with van der Waals surface area (Å²) < 4.78 is 14.8. The number of nitrogens with zero attached hydrogens (tertiary/aromatic N) is 1. The maximum absolute atomic E-state index is 14.0. The number of hydrogen-bond donors (Lipinski definition) is 1. The van der Waals surface area contributed by atoms with Gasteiger partial charge < -0.3 is 5.32 Å². The molecule has 4 heteroatoms. The quantitative estimate of drug-likeness (QED) is 0.923. The molecule has 1 aliphatic heterocycles. The molecule has 0 amide bonds. The summed E-state index contributed by atoms with van der Waals surface area (Å²) in [6.45, 7) is 6.06. The predicted molar refractivity (Wildman–Crippen MR) is 71.6 cm³/mol. The summed E-state index contributed by atoms with van der Waals surface area (Å²) in [7, 11) is 0. The molecule has 0 radical (unpaired) electrons. The van der Waals surface area contributed by atoms with Gasteiger partial charge in [-0.05, 0) is 18.6 Å². The van der Waals surface area contributed by atoms with E-state index in [1.807, 2.05) is 6.07 Å². The van der Waals surface area contributed by atoms with Crippen LogP contribution in [0.15, 0.2) is 22.7 Å². The van der Waals surface area contributed by atoms with Gasteiger partial charge in [0, 0.05) is 42.3 Å². The van der Waals surface area contributed by atoms with Gasteiger partial charge >= 0.3 is 0 Å². The Kier molecular flexibility index (Phi) is 4.54. The van der Waals surface area contributed by atoms with Crippen molar-refractivity contribution < 1.29 is 4.39 Å². The standard InChI is InChI=1S/C13H18BrFN2/c1-2-12(17-8-6-16-7-9-17)13-10(14)4-3-5-11(13)15/h3-5,12,16H,2,6-9H2,1H3/t12-/m0/s1. The van der Waals surface area contributed by atoms with Crippen molar-refractivity contribution in [2.45, 2.75) is 19.4 Å². The van der Waals surface area contributed by atoms with Crippen LogP contribution in [0.25, 0.3) is 0 Å². The molecule has 1 N–H and O–H groups in total. The second-order valence-corrected chi connectivity index (χ2v) is 5.20. The van der Waals surface area contributed by atoms with Crippen LogP contribution in [0.5, 0.6) is 0 Å². The van der Waals surface area contributed by atoms with Gasteiger partial charge in [-0.2, -0.15) is 0 Å². The van der Waals surface area contributed by atoms with Crippen molar-refractivity contribution >= 4 is 15.9 Å². The van der Waals surface area contributed by atoms with Crippen LogP contribution in [0.2, 0.25) is 0 Å². The number of benzene rings is 1. The van der Waals surface area contributed by atoms with Crippen LogP contribution in [0, 0.1) is 5.82 Å². The van der Waals surface area contributed by atoms with Gasteiger partial charge in [-0.3, -0.25) is 4.90 Å². The lowest BCUT2D eigenvalue weighted by atomic mass is 10.0. The number of hydrogen-bond acceptors (Lipinski definition) is 2. The van der Waals surface area contributed by atoms with Crippen molar-refractivity contribution in [2.75, 3.05) is 26.2 Å². The average Bonchev–Trinajstić information content (AvgIpc) is 2.35. The summed E-state index contributed by atoms with van der Waals surface area (Å²) in [5, 5.41) is 3.33. The smallest absolute Gasteiger partial charge is 0.129 e. The average molecular weight is 301 g/mol. The fourth-order valence-electron chi connectivity index (χ4n) is 2.47. The van der Waals surface area contributed by atoms with E-state index in [9.17, 15) is 4.39 Å². The Balaban J connectivity index is 2.27. The first-order chi connectivity index (χ1) is 8.24. The highest BCUT2D eigenvalue weighted by molar-refractivity contribution is 9.10. The number of piperazine rings is 1. The topological polar surface area (TPSA) is 15.3 Å². The molecule has 0 spiro atoms. The Hall–Kier alpha value is -0.450. The lowest BCUT2D eigenvalue weighted by molar-refractivity contribution is 0.165. The Morgan fingerprint density at radius 2 is 2.12 bits per heavy atom. The van der Waals surface area contributed by atoms with Gasteiger partial charge in [-0.15, -0.1) is 0 Å². The highest BCUT2D eigenvalue weighted by atomic mass is 79.9. The van der Waals surface area contributed by atoms with Gasteiger partial charge in [0.05, 0.1) is 0 Å². The second-order valence-electron chi connectivity index (χ2n) is 4.35. The molecule has 0 saturated carbocycles. The summed E-state index contributed by atoms with van der Waals surface area (Å²) in [6.07, 6.45) is 0.930. The van der Waals surface area contributed by atoms with E-state index in [1.165, 1.54) is 0 Å². The fourth-order valence-corrected chi connectivity index (χ4v) is 3.07. The summed E-state index contributed by atoms with van der Waals surface area (Å²) in [5.41, 5.74) is 0.803. The third kappa shape index (κ3) is 2.87. The van der Waals surface area contributed by atoms with Crippen molar-refractivity contribution in [3.8, 4) is 0 Å². The Morgan fingerprint density at radius 1 is 1.41 bits per heavy atom. The SMILES string of the molecule is CC[C@@H](c1c(F)cccc1Br)N1CCNCC1. The lowest BCUT2D eigenvalue weighted by Gasteiger charge is -2.35. The minimum absolute atomic E-state index is 0.107. The van der Waals surface area contributed by atoms with Crippen molar-refractivity contribution in [3.05, 3.63) is 34.1 Å². The zero-order chi connectivity index (χ0) is 12.3. The molecule has 1 fully saturated rings. The Bertz CT molecular complexity index is 357. The van der Waals surface area contributed by atoms with Crippen LogP contribution in [0.1, 0.15) is 24.9 Å². The monoisotopic (exact) mass is 300 g/mol. The third-order valence-corrected chi connectivity index (χ3v) is 4.00. The van der Waals surface area contributed by atoms with Gasteiger partial charge in [-0.1, -0.05) is 28.9 Å². The number of halogens is 2. The van der Waals surface area contributed by atoms with Crippen LogP contribution in [0.3, 0.4) is 0 Å². The Labute approximate surface area is 110 Å². The molecular weight excluding hydrogens is 283 g/mol. The van der Waals surface area contributed by atoms with Crippen LogP contribution in [-0.2, 0) is 0 Å². The molecule has 2 rings (SSSR count). The molecule has 0 bridgehead atoms. The van der Waals surface area contributed by atoms with E-state index in [1.54, 1.807) is 12.1 Å². The van der Waals surface area contributed by atoms with E-state index in [2.05, 4.69) is 33.1 Å². The molecule has 0 aromatic heterocycles. The van der Waals surface area contributed by atoms with E-state index in [0.717, 1.165) is 42.6 Å². The van der Waals surface area contributed by atoms with Crippen molar-refractivity contribution in [1.29, 1.82) is 0 Å². The Morgan fingerprint density at radius 3 is 2.71 bits per heavy atom. The molecule has 0 unspecified atom stereocenters. The summed E-state index contributed by atoms with van der Waals surface area (Å²) in [6, 6.07) is 5.38. The first-order valence-electron chi connectivity index (χ1n) is 6.12. The predicted octanol–water partition coefficient (Wildman–Crippen LogP) is 2.94. The minimum atomic E-state index is -0.107. The van der Waals surface area contributed by atoms with Gasteiger partial charge in [-0.25, -0.2) is 4.39 Å². The first-order valence-corrected chi connectivity index (χ1v) is 6.92. The molecule has 2 nitrogen and oxygen atoms in total. The van der Waals surface area contributed by atoms with E-state index in [4.69, 9.17) is 0 Å². The summed E-state index contributed by atoms with van der Waals surface area (Å²) in [5.74, 6) is -0.107. The zero-order valence-corrected chi connectivity index (χ0v) is 11.6. The van der Waals surface area contributed by atoms with Gasteiger partial charge in [0.25, 0.3) is 0 Å². The van der Waals surface area contributed by atoms with Crippen LogP contribution >= 0.6 is 15.9 Å². The minimum Gasteiger partial charge on any atom is -0.314 e. The maximum Gasteiger partial charge on any atom is 0.129 e. The largest absolute Gasteiger partial charge is 0.314 e. The molecule has 1 heterocycles. The van der Waals surface area contributed by atoms with Crippen LogP contribution in [0.4, 0.5) is 4.39 Å². The van der Waals surface area contributed by atoms with Gasteiger partial charge in [0.2, 0.25) is 0 Å². The normalized spacial score (nSPS) is 19.2. The molecule has 1 aliphatic rings. The zero-order valence-electron chi connectivity index (χ0n) is 10.0. The number of rotatable bonds is 3. The van der Waals surface area contributed by atoms with E-state index in [-0.39, 0.29) is 11.9 Å². The highest BCUT2D eigenvalue weighted by Gasteiger charge is 2.24. The van der Waals surface area contributed by atoms with E-state index >= 15 is 0 Å². The van der Waals surface area contributed by atoms with Gasteiger partial charge in [0.1, 0.15) is 5.82 Å². The fraction of sp³-hybridized carbons (Fsp3) is 0.538. The van der Waals surface area contributed by atoms with Gasteiger partial charge in [0.15, 0.2) is 0 Å². The van der Waals surface area contributed by atoms with Crippen LogP contribution in [-0.4, -0.2) is 31.1 Å². The molecule has 17 heavy (non-hydrogen) atoms. The molecular formula is C13H18BrFN2.